The van der Waals surface area contributed by atoms with Crippen molar-refractivity contribution in [3.63, 3.8) is 0 Å². The summed E-state index contributed by atoms with van der Waals surface area (Å²) in [5.41, 5.74) is 22.6. The first-order chi connectivity index (χ1) is 23.1. The van der Waals surface area contributed by atoms with Crippen LogP contribution in [-0.4, -0.2) is 65.9 Å². The Balaban J connectivity index is 2.83. The van der Waals surface area contributed by atoms with Gasteiger partial charge in [0, 0.05) is 19.4 Å². The molecule has 272 valence electrons. The molecule has 0 saturated heterocycles. The number of primary amides is 1. The molecule has 4 amide bonds. The molecule has 12 N–H and O–H groups in total. The number of carbonyl (C=O) groups excluding carboxylic acids is 4. The van der Waals surface area contributed by atoms with Crippen molar-refractivity contribution in [2.45, 2.75) is 141 Å². The third-order valence-electron chi connectivity index (χ3n) is 8.22. The van der Waals surface area contributed by atoms with Gasteiger partial charge in [-0.25, -0.2) is 0 Å². The molecular formula is C35H62N8O5. The van der Waals surface area contributed by atoms with Crippen molar-refractivity contribution in [1.82, 2.24) is 16.0 Å². The van der Waals surface area contributed by atoms with E-state index in [-0.39, 0.29) is 37.0 Å². The molecule has 48 heavy (non-hydrogen) atoms. The molecule has 3 atom stereocenters. The summed E-state index contributed by atoms with van der Waals surface area (Å²) in [5, 5.41) is 18.0. The number of amides is 4. The Morgan fingerprint density at radius 1 is 0.688 bits per heavy atom. The van der Waals surface area contributed by atoms with Gasteiger partial charge in [0.25, 0.3) is 0 Å². The van der Waals surface area contributed by atoms with E-state index in [0.717, 1.165) is 25.7 Å². The van der Waals surface area contributed by atoms with Crippen LogP contribution >= 0.6 is 0 Å². The zero-order valence-corrected chi connectivity index (χ0v) is 29.0. The highest BCUT2D eigenvalue weighted by atomic mass is 16.3. The molecule has 0 fully saturated rings. The number of aromatic hydroxyl groups is 1. The standard InChI is InChI=1S/C35H62N8O5/c1-2-3-4-5-6-7-8-9-10-11-12-18-31(45)41-29(16-13-14-23-36)33(47)43-30(25-26-19-21-27(44)22-20-26)34(48)42-28(32(37)46)17-15-24-40-35(38)39/h19-22,28-30,44H,2-18,23-25,36H2,1H3,(H2,37,46)(H,41,45)(H,42,48)(H,43,47)(H4,38,39,40)/t28-,29-,30-/m0/s1. The van der Waals surface area contributed by atoms with Gasteiger partial charge in [0.05, 0.1) is 0 Å². The molecule has 0 unspecified atom stereocenters. The third kappa shape index (κ3) is 20.4. The summed E-state index contributed by atoms with van der Waals surface area (Å²) in [6, 6.07) is 3.25. The molecule has 0 saturated carbocycles. The number of phenols is 1. The molecule has 0 aliphatic heterocycles. The lowest BCUT2D eigenvalue weighted by atomic mass is 10.0. The normalized spacial score (nSPS) is 12.8. The number of guanidine groups is 1. The number of unbranched alkanes of at least 4 members (excludes halogenated alkanes) is 11. The Morgan fingerprint density at radius 3 is 1.79 bits per heavy atom. The lowest BCUT2D eigenvalue weighted by molar-refractivity contribution is -0.133. The fraction of sp³-hybridized carbons (Fsp3) is 0.686. The smallest absolute Gasteiger partial charge is 0.243 e. The molecular weight excluding hydrogens is 612 g/mol. The minimum atomic E-state index is -1.10. The van der Waals surface area contributed by atoms with E-state index in [0.29, 0.717) is 44.2 Å². The Hall–Kier alpha value is -3.87. The highest BCUT2D eigenvalue weighted by Crippen LogP contribution is 2.14. The monoisotopic (exact) mass is 674 g/mol. The zero-order valence-electron chi connectivity index (χ0n) is 29.0. The van der Waals surface area contributed by atoms with Crippen LogP contribution in [0.2, 0.25) is 0 Å². The number of phenolic OH excluding ortho intramolecular Hbond substituents is 1. The molecule has 0 heterocycles. The summed E-state index contributed by atoms with van der Waals surface area (Å²) < 4.78 is 0. The van der Waals surface area contributed by atoms with Crippen LogP contribution in [0, 0.1) is 0 Å². The van der Waals surface area contributed by atoms with E-state index in [1.165, 1.54) is 57.1 Å². The van der Waals surface area contributed by atoms with Gasteiger partial charge < -0.3 is 44.0 Å². The third-order valence-corrected chi connectivity index (χ3v) is 8.22. The molecule has 0 radical (unpaired) electrons. The topological polar surface area (TPSA) is 241 Å². The van der Waals surface area contributed by atoms with Crippen molar-refractivity contribution in [2.75, 3.05) is 13.1 Å². The maximum atomic E-state index is 13.6. The summed E-state index contributed by atoms with van der Waals surface area (Å²) in [6.45, 7) is 2.92. The van der Waals surface area contributed by atoms with E-state index in [1.807, 2.05) is 0 Å². The lowest BCUT2D eigenvalue weighted by Gasteiger charge is -2.25. The summed E-state index contributed by atoms with van der Waals surface area (Å²) in [4.78, 5) is 56.0. The molecule has 1 aromatic carbocycles. The fourth-order valence-electron chi connectivity index (χ4n) is 5.39. The highest BCUT2D eigenvalue weighted by molar-refractivity contribution is 5.94. The van der Waals surface area contributed by atoms with Crippen LogP contribution in [0.3, 0.4) is 0 Å². The number of nitrogens with one attached hydrogen (secondary N) is 3. The summed E-state index contributed by atoms with van der Waals surface area (Å²) in [6.07, 6.45) is 15.5. The molecule has 0 aromatic heterocycles. The van der Waals surface area contributed by atoms with Gasteiger partial charge >= 0.3 is 0 Å². The highest BCUT2D eigenvalue weighted by Gasteiger charge is 2.29. The zero-order chi connectivity index (χ0) is 35.6. The van der Waals surface area contributed by atoms with E-state index in [1.54, 1.807) is 12.1 Å². The number of carbonyl (C=O) groups is 4. The number of rotatable bonds is 28. The molecule has 13 nitrogen and oxygen atoms in total. The van der Waals surface area contributed by atoms with Crippen LogP contribution in [0.1, 0.15) is 122 Å². The van der Waals surface area contributed by atoms with Crippen LogP contribution in [0.4, 0.5) is 0 Å². The largest absolute Gasteiger partial charge is 0.508 e. The van der Waals surface area contributed by atoms with Crippen molar-refractivity contribution in [1.29, 1.82) is 0 Å². The predicted molar refractivity (Wildman–Crippen MR) is 191 cm³/mol. The first kappa shape index (κ1) is 42.2. The van der Waals surface area contributed by atoms with Gasteiger partial charge in [-0.1, -0.05) is 83.3 Å². The first-order valence-corrected chi connectivity index (χ1v) is 17.8. The van der Waals surface area contributed by atoms with E-state index in [2.05, 4.69) is 27.9 Å². The van der Waals surface area contributed by atoms with Crippen molar-refractivity contribution in [3.8, 4) is 5.75 Å². The van der Waals surface area contributed by atoms with E-state index in [9.17, 15) is 24.3 Å². The second kappa shape index (κ2) is 26.1. The van der Waals surface area contributed by atoms with Gasteiger partial charge in [-0.05, 0) is 62.8 Å². The van der Waals surface area contributed by atoms with Crippen LogP contribution in [-0.2, 0) is 25.6 Å². The predicted octanol–water partition coefficient (Wildman–Crippen LogP) is 2.76. The van der Waals surface area contributed by atoms with E-state index < -0.39 is 35.8 Å². The second-order valence-corrected chi connectivity index (χ2v) is 12.5. The average Bonchev–Trinajstić information content (AvgIpc) is 3.04. The quantitative estimate of drug-likeness (QED) is 0.0372. The Bertz CT molecular complexity index is 1090. The maximum absolute atomic E-state index is 13.6. The Kier molecular flexibility index (Phi) is 22.9. The van der Waals surface area contributed by atoms with Gasteiger partial charge in [-0.3, -0.25) is 24.2 Å². The van der Waals surface area contributed by atoms with E-state index in [4.69, 9.17) is 22.9 Å². The minimum absolute atomic E-state index is 0.0545. The number of hydrogen-bond donors (Lipinski definition) is 8. The summed E-state index contributed by atoms with van der Waals surface area (Å²) >= 11 is 0. The molecule has 1 rings (SSSR count). The first-order valence-electron chi connectivity index (χ1n) is 17.8. The van der Waals surface area contributed by atoms with Crippen LogP contribution < -0.4 is 38.9 Å². The van der Waals surface area contributed by atoms with Gasteiger partial charge in [-0.2, -0.15) is 0 Å². The van der Waals surface area contributed by atoms with Gasteiger partial charge in [0.15, 0.2) is 5.96 Å². The number of aliphatic imine (C=N–C) groups is 1. The molecule has 0 aliphatic carbocycles. The van der Waals surface area contributed by atoms with Crippen molar-refractivity contribution >= 4 is 29.6 Å². The maximum Gasteiger partial charge on any atom is 0.243 e. The SMILES string of the molecule is CCCCCCCCCCCCCC(=O)N[C@@H](CCCCN)C(=O)N[C@@H](Cc1ccc(O)cc1)C(=O)N[C@@H](CCCN=C(N)N)C(N)=O. The van der Waals surface area contributed by atoms with Gasteiger partial charge in [0.2, 0.25) is 23.6 Å². The Morgan fingerprint density at radius 2 is 1.23 bits per heavy atom. The minimum Gasteiger partial charge on any atom is -0.508 e. The van der Waals surface area contributed by atoms with Crippen molar-refractivity contribution in [3.05, 3.63) is 29.8 Å². The van der Waals surface area contributed by atoms with Crippen LogP contribution in [0.25, 0.3) is 0 Å². The second-order valence-electron chi connectivity index (χ2n) is 12.5. The molecule has 1 aromatic rings. The summed E-state index contributed by atoms with van der Waals surface area (Å²) in [7, 11) is 0. The lowest BCUT2D eigenvalue weighted by Crippen LogP contribution is -2.57. The average molecular weight is 675 g/mol. The molecule has 0 spiro atoms. The molecule has 0 aliphatic rings. The Labute approximate surface area is 286 Å². The molecule has 0 bridgehead atoms. The van der Waals surface area contributed by atoms with Crippen LogP contribution in [0.15, 0.2) is 29.3 Å². The summed E-state index contributed by atoms with van der Waals surface area (Å²) in [5.74, 6) is -2.11. The molecule has 13 heteroatoms. The van der Waals surface area contributed by atoms with Gasteiger partial charge in [-0.15, -0.1) is 0 Å². The van der Waals surface area contributed by atoms with Crippen molar-refractivity contribution < 1.29 is 24.3 Å². The number of hydrogen-bond acceptors (Lipinski definition) is 7. The number of nitrogens with two attached hydrogens (primary N) is 4. The van der Waals surface area contributed by atoms with Crippen molar-refractivity contribution in [2.24, 2.45) is 27.9 Å². The van der Waals surface area contributed by atoms with E-state index >= 15 is 0 Å². The number of benzene rings is 1. The number of nitrogens with zero attached hydrogens (tertiary/aromatic N) is 1. The van der Waals surface area contributed by atoms with Crippen LogP contribution in [0.5, 0.6) is 5.75 Å². The fourth-order valence-corrected chi connectivity index (χ4v) is 5.39. The van der Waals surface area contributed by atoms with Gasteiger partial charge in [0.1, 0.15) is 23.9 Å².